The second-order valence-electron chi connectivity index (χ2n) is 3.21. The summed E-state index contributed by atoms with van der Waals surface area (Å²) in [6.45, 7) is 15.1. The molecule has 0 heterocycles. The molecule has 0 rings (SSSR count). The van der Waals surface area contributed by atoms with Crippen LogP contribution in [0, 0.1) is 0 Å². The molecule has 0 unspecified atom stereocenters. The third-order valence-electron chi connectivity index (χ3n) is 1.90. The molecule has 0 aromatic carbocycles. The Kier molecular flexibility index (Phi) is 20.6. The molecule has 22 heavy (non-hydrogen) atoms. The third kappa shape index (κ3) is 14.1. The van der Waals surface area contributed by atoms with Gasteiger partial charge in [0.15, 0.2) is 0 Å². The van der Waals surface area contributed by atoms with Crippen LogP contribution in [0.2, 0.25) is 0 Å². The van der Waals surface area contributed by atoms with Crippen LogP contribution in [-0.4, -0.2) is 29.5 Å². The Morgan fingerprint density at radius 3 is 0.909 bits per heavy atom. The lowest BCUT2D eigenvalue weighted by Crippen LogP contribution is -2.14. The van der Waals surface area contributed by atoms with Crippen LogP contribution in [0.1, 0.15) is 0 Å². The molecule has 0 aromatic heterocycles. The Morgan fingerprint density at radius 2 is 0.727 bits per heavy atom. The lowest BCUT2D eigenvalue weighted by Gasteiger charge is -2.25. The maximum absolute atomic E-state index is 3.79. The van der Waals surface area contributed by atoms with E-state index in [0.717, 1.165) is 20.3 Å². The summed E-state index contributed by atoms with van der Waals surface area (Å²) in [5.74, 6) is 0. The summed E-state index contributed by atoms with van der Waals surface area (Å²) < 4.78 is 1.12. The van der Waals surface area contributed by atoms with Crippen molar-refractivity contribution in [2.75, 3.05) is 20.3 Å². The molecule has 126 valence electrons. The maximum Gasteiger partial charge on any atom is 0.0729 e. The summed E-state index contributed by atoms with van der Waals surface area (Å²) >= 11 is 15.2. The van der Waals surface area contributed by atoms with Gasteiger partial charge in [-0.25, -0.2) is 0 Å². The maximum atomic E-state index is 3.79. The van der Waals surface area contributed by atoms with E-state index in [1.54, 1.807) is 47.0 Å². The van der Waals surface area contributed by atoms with Gasteiger partial charge in [-0.1, -0.05) is 26.3 Å². The van der Waals surface area contributed by atoms with E-state index in [1.807, 2.05) is 68.7 Å². The highest BCUT2D eigenvalue weighted by Crippen LogP contribution is 2.43. The molecule has 0 nitrogen and oxygen atoms in total. The largest absolute Gasteiger partial charge is 0.134 e. The molecular formula is C14H22S8. The van der Waals surface area contributed by atoms with Gasteiger partial charge in [-0.05, 0) is 21.6 Å². The second-order valence-corrected chi connectivity index (χ2v) is 13.6. The average Bonchev–Trinajstić information content (AvgIpc) is 2.53. The van der Waals surface area contributed by atoms with Gasteiger partial charge >= 0.3 is 0 Å². The highest BCUT2D eigenvalue weighted by Gasteiger charge is 2.23. The molecule has 8 heteroatoms. The van der Waals surface area contributed by atoms with Gasteiger partial charge in [0.05, 0.1) is 9.16 Å². The third-order valence-corrected chi connectivity index (χ3v) is 11.9. The molecular weight excluding hydrogens is 425 g/mol. The highest BCUT2D eigenvalue weighted by molar-refractivity contribution is 8.32. The molecule has 0 N–H and O–H groups in total. The van der Waals surface area contributed by atoms with Gasteiger partial charge in [-0.3, -0.25) is 0 Å². The molecule has 0 fully saturated rings. The van der Waals surface area contributed by atoms with Crippen LogP contribution in [0.15, 0.2) is 47.9 Å². The SMILES string of the molecule is C=CSCSC(SCSC=C)C(SCSC=C)SCSC=C. The summed E-state index contributed by atoms with van der Waals surface area (Å²) in [5.41, 5.74) is 0. The second kappa shape index (κ2) is 19.1. The zero-order valence-electron chi connectivity index (χ0n) is 12.4. The van der Waals surface area contributed by atoms with Crippen molar-refractivity contribution in [1.29, 1.82) is 0 Å². The minimum atomic E-state index is 0.561. The van der Waals surface area contributed by atoms with Crippen LogP contribution >= 0.6 is 94.1 Å². The van der Waals surface area contributed by atoms with Crippen LogP contribution < -0.4 is 0 Å². The van der Waals surface area contributed by atoms with E-state index in [4.69, 9.17) is 0 Å². The topological polar surface area (TPSA) is 0 Å². The van der Waals surface area contributed by atoms with E-state index in [9.17, 15) is 0 Å². The number of thioether (sulfide) groups is 8. The molecule has 0 aromatic rings. The predicted octanol–water partition coefficient (Wildman–Crippen LogP) is 7.91. The van der Waals surface area contributed by atoms with Crippen molar-refractivity contribution >= 4 is 94.1 Å². The summed E-state index contributed by atoms with van der Waals surface area (Å²) in [4.78, 5) is 0. The zero-order chi connectivity index (χ0) is 16.5. The van der Waals surface area contributed by atoms with Gasteiger partial charge < -0.3 is 0 Å². The van der Waals surface area contributed by atoms with Crippen LogP contribution in [-0.2, 0) is 0 Å². The van der Waals surface area contributed by atoms with Crippen LogP contribution in [0.4, 0.5) is 0 Å². The van der Waals surface area contributed by atoms with Gasteiger partial charge in [0.1, 0.15) is 0 Å². The smallest absolute Gasteiger partial charge is 0.0729 e. The normalized spacial score (nSPS) is 10.8. The number of hydrogen-bond acceptors (Lipinski definition) is 8. The molecule has 0 bridgehead atoms. The standard InChI is InChI=1S/C14H22S8/c1-5-15-9-19-13(20-10-16-6-2)14(21-11-17-7-3)22-12-18-8-4/h5-8,13-14H,1-4,9-12H2. The first-order valence-corrected chi connectivity index (χ1v) is 14.6. The Morgan fingerprint density at radius 1 is 0.500 bits per heavy atom. The molecule has 0 aliphatic carbocycles. The van der Waals surface area contributed by atoms with Crippen molar-refractivity contribution in [3.63, 3.8) is 0 Å². The zero-order valence-corrected chi connectivity index (χ0v) is 18.9. The first-order chi connectivity index (χ1) is 10.8. The quantitative estimate of drug-likeness (QED) is 0.161. The Labute approximate surface area is 170 Å². The molecule has 0 radical (unpaired) electrons. The number of rotatable bonds is 17. The van der Waals surface area contributed by atoms with Gasteiger partial charge in [0, 0.05) is 20.3 Å². The van der Waals surface area contributed by atoms with Crippen LogP contribution in [0.5, 0.6) is 0 Å². The summed E-state index contributed by atoms with van der Waals surface area (Å²) in [7, 11) is 0. The fourth-order valence-electron chi connectivity index (χ4n) is 1.03. The Hall–Kier alpha value is 1.76. The first-order valence-electron chi connectivity index (χ1n) is 6.16. The van der Waals surface area contributed by atoms with Crippen molar-refractivity contribution in [2.45, 2.75) is 9.16 Å². The van der Waals surface area contributed by atoms with E-state index in [-0.39, 0.29) is 0 Å². The van der Waals surface area contributed by atoms with Crippen molar-refractivity contribution in [3.05, 3.63) is 47.9 Å². The number of hydrogen-bond donors (Lipinski definition) is 0. The summed E-state index contributed by atoms with van der Waals surface area (Å²) in [6, 6.07) is 0. The Balaban J connectivity index is 4.53. The molecule has 0 spiro atoms. The Bertz CT molecular complexity index is 249. The van der Waals surface area contributed by atoms with Crippen molar-refractivity contribution < 1.29 is 0 Å². The monoisotopic (exact) mass is 446 g/mol. The average molecular weight is 447 g/mol. The van der Waals surface area contributed by atoms with Gasteiger partial charge in [-0.2, -0.15) is 0 Å². The molecule has 0 saturated heterocycles. The van der Waals surface area contributed by atoms with Crippen LogP contribution in [0.3, 0.4) is 0 Å². The van der Waals surface area contributed by atoms with Crippen molar-refractivity contribution in [1.82, 2.24) is 0 Å². The summed E-state index contributed by atoms with van der Waals surface area (Å²) in [5, 5.41) is 11.9. The lowest BCUT2D eigenvalue weighted by molar-refractivity contribution is 1.36. The van der Waals surface area contributed by atoms with Gasteiger partial charge in [0.2, 0.25) is 0 Å². The summed E-state index contributed by atoms with van der Waals surface area (Å²) in [6.07, 6.45) is 0. The van der Waals surface area contributed by atoms with Crippen molar-refractivity contribution in [3.8, 4) is 0 Å². The fraction of sp³-hybridized carbons (Fsp3) is 0.429. The first kappa shape index (κ1) is 23.8. The minimum absolute atomic E-state index is 0.561. The molecule has 0 amide bonds. The van der Waals surface area contributed by atoms with E-state index in [1.165, 1.54) is 0 Å². The van der Waals surface area contributed by atoms with Crippen molar-refractivity contribution in [2.24, 2.45) is 0 Å². The van der Waals surface area contributed by atoms with E-state index in [2.05, 4.69) is 26.3 Å². The fourth-order valence-corrected chi connectivity index (χ4v) is 11.3. The van der Waals surface area contributed by atoms with Gasteiger partial charge in [0.25, 0.3) is 0 Å². The molecule has 0 atom stereocenters. The van der Waals surface area contributed by atoms with E-state index >= 15 is 0 Å². The highest BCUT2D eigenvalue weighted by atomic mass is 32.3. The lowest BCUT2D eigenvalue weighted by atomic mass is 10.9. The molecule has 0 aliphatic heterocycles. The van der Waals surface area contributed by atoms with Gasteiger partial charge in [-0.15, -0.1) is 94.1 Å². The molecule has 0 saturated carbocycles. The minimum Gasteiger partial charge on any atom is -0.134 e. The van der Waals surface area contributed by atoms with E-state index < -0.39 is 0 Å². The predicted molar refractivity (Wildman–Crippen MR) is 129 cm³/mol. The molecule has 0 aliphatic rings. The van der Waals surface area contributed by atoms with Crippen LogP contribution in [0.25, 0.3) is 0 Å². The van der Waals surface area contributed by atoms with E-state index in [0.29, 0.717) is 9.16 Å².